The number of ether oxygens (including phenoxy) is 3. The van der Waals surface area contributed by atoms with E-state index < -0.39 is 6.10 Å². The third-order valence-corrected chi connectivity index (χ3v) is 15.3. The van der Waals surface area contributed by atoms with E-state index >= 15 is 0 Å². The van der Waals surface area contributed by atoms with Gasteiger partial charge in [0.25, 0.3) is 0 Å². The van der Waals surface area contributed by atoms with Gasteiger partial charge in [0.1, 0.15) is 13.2 Å². The lowest BCUT2D eigenvalue weighted by Gasteiger charge is -2.18. The van der Waals surface area contributed by atoms with Gasteiger partial charge in [0.2, 0.25) is 0 Å². The van der Waals surface area contributed by atoms with Gasteiger partial charge < -0.3 is 14.2 Å². The summed E-state index contributed by atoms with van der Waals surface area (Å²) in [6.45, 7) is 9.10. The highest BCUT2D eigenvalue weighted by atomic mass is 16.6. The monoisotopic (exact) mass is 1020 g/mol. The summed E-state index contributed by atoms with van der Waals surface area (Å²) in [5, 5.41) is 0. The van der Waals surface area contributed by atoms with Crippen molar-refractivity contribution in [2.45, 2.75) is 387 Å². The van der Waals surface area contributed by atoms with Crippen molar-refractivity contribution in [1.29, 1.82) is 0 Å². The molecule has 0 aromatic rings. The molecular weight excluding hydrogens is 889 g/mol. The molecule has 0 aliphatic rings. The fourth-order valence-electron chi connectivity index (χ4n) is 10.3. The van der Waals surface area contributed by atoms with Crippen LogP contribution >= 0.6 is 0 Å². The number of carbonyl (C=O) groups is 3. The lowest BCUT2D eigenvalue weighted by molar-refractivity contribution is -0.167. The van der Waals surface area contributed by atoms with E-state index in [0.717, 1.165) is 63.7 Å². The van der Waals surface area contributed by atoms with Crippen LogP contribution in [0.3, 0.4) is 0 Å². The van der Waals surface area contributed by atoms with Crippen LogP contribution in [0.15, 0.2) is 0 Å². The Labute approximate surface area is 450 Å². The summed E-state index contributed by atoms with van der Waals surface area (Å²) in [6.07, 6.45) is 68.2. The molecule has 72 heavy (non-hydrogen) atoms. The summed E-state index contributed by atoms with van der Waals surface area (Å²) in [5.41, 5.74) is 0. The standard InChI is InChI=1S/C66H128O6/c1-5-7-9-11-13-15-17-19-21-23-25-30-34-38-42-46-50-54-58-65(68)71-61-63(60-70-64(67)57-53-49-45-41-37-33-29-24-22-20-18-16-14-12-10-8-6-2)72-66(69)59-55-51-47-43-39-35-31-27-26-28-32-36-40-44-48-52-56-62(3)4/h62-63H,5-61H2,1-4H3/t63-/m0/s1. The van der Waals surface area contributed by atoms with Gasteiger partial charge in [0.05, 0.1) is 0 Å². The highest BCUT2D eigenvalue weighted by molar-refractivity contribution is 5.71. The predicted molar refractivity (Wildman–Crippen MR) is 312 cm³/mol. The zero-order chi connectivity index (χ0) is 52.3. The zero-order valence-electron chi connectivity index (χ0n) is 49.4. The van der Waals surface area contributed by atoms with E-state index in [9.17, 15) is 14.4 Å². The number of rotatable bonds is 61. The Hall–Kier alpha value is -1.59. The Kier molecular flexibility index (Phi) is 58.9. The Morgan fingerprint density at radius 1 is 0.264 bits per heavy atom. The number of unbranched alkanes of at least 4 members (excludes halogenated alkanes) is 48. The number of carbonyl (C=O) groups excluding carboxylic acids is 3. The van der Waals surface area contributed by atoms with Gasteiger partial charge in [-0.25, -0.2) is 0 Å². The largest absolute Gasteiger partial charge is 0.462 e. The smallest absolute Gasteiger partial charge is 0.306 e. The van der Waals surface area contributed by atoms with Crippen LogP contribution in [0.25, 0.3) is 0 Å². The van der Waals surface area contributed by atoms with E-state index in [0.29, 0.717) is 19.3 Å². The van der Waals surface area contributed by atoms with Gasteiger partial charge in [-0.3, -0.25) is 14.4 Å². The molecule has 0 saturated heterocycles. The number of hydrogen-bond donors (Lipinski definition) is 0. The molecule has 1 atom stereocenters. The molecule has 0 aliphatic carbocycles. The van der Waals surface area contributed by atoms with Crippen LogP contribution in [-0.2, 0) is 28.6 Å². The average molecular weight is 1020 g/mol. The molecule has 0 N–H and O–H groups in total. The van der Waals surface area contributed by atoms with Gasteiger partial charge in [-0.1, -0.05) is 342 Å². The fraction of sp³-hybridized carbons (Fsp3) is 0.955. The summed E-state index contributed by atoms with van der Waals surface area (Å²) in [4.78, 5) is 38.4. The summed E-state index contributed by atoms with van der Waals surface area (Å²) in [6, 6.07) is 0. The lowest BCUT2D eigenvalue weighted by atomic mass is 10.0. The molecular formula is C66H128O6. The van der Waals surface area contributed by atoms with E-state index in [1.54, 1.807) is 0 Å². The van der Waals surface area contributed by atoms with E-state index in [2.05, 4.69) is 27.7 Å². The van der Waals surface area contributed by atoms with Crippen molar-refractivity contribution in [1.82, 2.24) is 0 Å². The van der Waals surface area contributed by atoms with Crippen LogP contribution in [-0.4, -0.2) is 37.2 Å². The SMILES string of the molecule is CCCCCCCCCCCCCCCCCCCCC(=O)OC[C@H](COC(=O)CCCCCCCCCCCCCCCCCCC)OC(=O)CCCCCCCCCCCCCCCCCCC(C)C. The highest BCUT2D eigenvalue weighted by Gasteiger charge is 2.19. The van der Waals surface area contributed by atoms with Crippen LogP contribution in [0.4, 0.5) is 0 Å². The van der Waals surface area contributed by atoms with E-state index in [4.69, 9.17) is 14.2 Å². The molecule has 0 saturated carbocycles. The highest BCUT2D eigenvalue weighted by Crippen LogP contribution is 2.19. The van der Waals surface area contributed by atoms with Crippen molar-refractivity contribution in [2.75, 3.05) is 13.2 Å². The molecule has 0 amide bonds. The molecule has 0 bridgehead atoms. The topological polar surface area (TPSA) is 78.9 Å². The minimum atomic E-state index is -0.763. The van der Waals surface area contributed by atoms with Gasteiger partial charge in [-0.15, -0.1) is 0 Å². The molecule has 0 heterocycles. The molecule has 0 rings (SSSR count). The van der Waals surface area contributed by atoms with Gasteiger partial charge in [0, 0.05) is 19.3 Å². The first kappa shape index (κ1) is 70.4. The first-order valence-corrected chi connectivity index (χ1v) is 32.9. The first-order valence-electron chi connectivity index (χ1n) is 32.9. The third kappa shape index (κ3) is 59.3. The van der Waals surface area contributed by atoms with Crippen molar-refractivity contribution in [3.05, 3.63) is 0 Å². The summed E-state index contributed by atoms with van der Waals surface area (Å²) in [5.74, 6) is 0.0271. The Morgan fingerprint density at radius 3 is 0.681 bits per heavy atom. The fourth-order valence-corrected chi connectivity index (χ4v) is 10.3. The molecule has 428 valence electrons. The third-order valence-electron chi connectivity index (χ3n) is 15.3. The van der Waals surface area contributed by atoms with E-state index in [1.165, 1.54) is 276 Å². The second kappa shape index (κ2) is 60.3. The normalized spacial score (nSPS) is 12.0. The molecule has 6 heteroatoms. The van der Waals surface area contributed by atoms with Crippen molar-refractivity contribution in [3.63, 3.8) is 0 Å². The minimum Gasteiger partial charge on any atom is -0.462 e. The summed E-state index contributed by atoms with van der Waals surface area (Å²) in [7, 11) is 0. The van der Waals surface area contributed by atoms with Crippen molar-refractivity contribution >= 4 is 17.9 Å². The van der Waals surface area contributed by atoms with Crippen LogP contribution in [0.2, 0.25) is 0 Å². The first-order chi connectivity index (χ1) is 35.4. The summed E-state index contributed by atoms with van der Waals surface area (Å²) >= 11 is 0. The van der Waals surface area contributed by atoms with Crippen molar-refractivity contribution in [2.24, 2.45) is 5.92 Å². The van der Waals surface area contributed by atoms with Crippen LogP contribution in [0.1, 0.15) is 381 Å². The maximum atomic E-state index is 12.9. The average Bonchev–Trinajstić information content (AvgIpc) is 3.37. The molecule has 0 aromatic heterocycles. The Morgan fingerprint density at radius 2 is 0.458 bits per heavy atom. The maximum absolute atomic E-state index is 12.9. The predicted octanol–water partition coefficient (Wildman–Crippen LogP) is 22.1. The van der Waals surface area contributed by atoms with E-state index in [1.807, 2.05) is 0 Å². The minimum absolute atomic E-state index is 0.0609. The summed E-state index contributed by atoms with van der Waals surface area (Å²) < 4.78 is 17.0. The van der Waals surface area contributed by atoms with E-state index in [-0.39, 0.29) is 31.1 Å². The van der Waals surface area contributed by atoms with Gasteiger partial charge in [-0.2, -0.15) is 0 Å². The Bertz CT molecular complexity index is 1090. The Balaban J connectivity index is 4.28. The molecule has 0 aromatic carbocycles. The van der Waals surface area contributed by atoms with Gasteiger partial charge >= 0.3 is 17.9 Å². The second-order valence-corrected chi connectivity index (χ2v) is 23.2. The molecule has 0 aliphatic heterocycles. The quantitative estimate of drug-likeness (QED) is 0.0343. The van der Waals surface area contributed by atoms with Crippen LogP contribution < -0.4 is 0 Å². The lowest BCUT2D eigenvalue weighted by Crippen LogP contribution is -2.30. The van der Waals surface area contributed by atoms with Crippen LogP contribution in [0.5, 0.6) is 0 Å². The second-order valence-electron chi connectivity index (χ2n) is 23.2. The molecule has 0 radical (unpaired) electrons. The zero-order valence-corrected chi connectivity index (χ0v) is 49.4. The molecule has 0 unspecified atom stereocenters. The van der Waals surface area contributed by atoms with Crippen LogP contribution in [0, 0.1) is 5.92 Å². The maximum Gasteiger partial charge on any atom is 0.306 e. The molecule has 6 nitrogen and oxygen atoms in total. The molecule has 0 spiro atoms. The number of esters is 3. The van der Waals surface area contributed by atoms with Crippen molar-refractivity contribution < 1.29 is 28.6 Å². The molecule has 0 fully saturated rings. The van der Waals surface area contributed by atoms with Crippen molar-refractivity contribution in [3.8, 4) is 0 Å². The number of hydrogen-bond acceptors (Lipinski definition) is 6. The van der Waals surface area contributed by atoms with Gasteiger partial charge in [-0.05, 0) is 25.2 Å². The van der Waals surface area contributed by atoms with Gasteiger partial charge in [0.15, 0.2) is 6.10 Å².